The monoisotopic (exact) mass is 337 g/mol. The first-order chi connectivity index (χ1) is 11.7. The second kappa shape index (κ2) is 8.85. The zero-order valence-electron chi connectivity index (χ0n) is 14.0. The van der Waals surface area contributed by atoms with Gasteiger partial charge in [-0.3, -0.25) is 0 Å². The van der Waals surface area contributed by atoms with E-state index >= 15 is 0 Å². The lowest BCUT2D eigenvalue weighted by molar-refractivity contribution is 0.0957. The number of ether oxygens (including phenoxy) is 3. The van der Waals surface area contributed by atoms with Crippen LogP contribution >= 0.6 is 0 Å². The standard InChI is InChI=1S/C16H23N3O5/c1-3-23-13-6-4-5-7-14(13)24-12-17-15(20)18-8-10-19(11-9-18)16(21)22-2/h4-7H,3,8-12H2,1-2H3,(H,17,20). The van der Waals surface area contributed by atoms with Crippen LogP contribution in [0.3, 0.4) is 0 Å². The van der Waals surface area contributed by atoms with E-state index in [-0.39, 0.29) is 18.9 Å². The third-order valence-corrected chi connectivity index (χ3v) is 3.60. The topological polar surface area (TPSA) is 80.3 Å². The van der Waals surface area contributed by atoms with E-state index in [1.54, 1.807) is 15.9 Å². The van der Waals surface area contributed by atoms with Gasteiger partial charge >= 0.3 is 12.1 Å². The molecule has 0 bridgehead atoms. The summed E-state index contributed by atoms with van der Waals surface area (Å²) in [5.74, 6) is 1.22. The highest BCUT2D eigenvalue weighted by Gasteiger charge is 2.24. The number of carbonyl (C=O) groups excluding carboxylic acids is 2. The number of benzene rings is 1. The first kappa shape index (κ1) is 17.7. The highest BCUT2D eigenvalue weighted by Crippen LogP contribution is 2.25. The van der Waals surface area contributed by atoms with Gasteiger partial charge in [0, 0.05) is 26.2 Å². The lowest BCUT2D eigenvalue weighted by Gasteiger charge is -2.33. The Kier molecular flexibility index (Phi) is 6.53. The summed E-state index contributed by atoms with van der Waals surface area (Å²) in [5, 5.41) is 2.70. The molecule has 0 unspecified atom stereocenters. The lowest BCUT2D eigenvalue weighted by atomic mass is 10.3. The van der Waals surface area contributed by atoms with Crippen LogP contribution in [0, 0.1) is 0 Å². The molecule has 1 aromatic rings. The third kappa shape index (κ3) is 4.68. The number of hydrogen-bond acceptors (Lipinski definition) is 5. The van der Waals surface area contributed by atoms with Gasteiger partial charge in [0.15, 0.2) is 18.2 Å². The Morgan fingerprint density at radius 3 is 2.21 bits per heavy atom. The van der Waals surface area contributed by atoms with Gasteiger partial charge in [0.05, 0.1) is 13.7 Å². The fourth-order valence-electron chi connectivity index (χ4n) is 2.35. The third-order valence-electron chi connectivity index (χ3n) is 3.60. The largest absolute Gasteiger partial charge is 0.490 e. The smallest absolute Gasteiger partial charge is 0.409 e. The summed E-state index contributed by atoms with van der Waals surface area (Å²) in [6.45, 7) is 4.29. The summed E-state index contributed by atoms with van der Waals surface area (Å²) in [4.78, 5) is 26.7. The second-order valence-corrected chi connectivity index (χ2v) is 5.09. The fraction of sp³-hybridized carbons (Fsp3) is 0.500. The van der Waals surface area contributed by atoms with Gasteiger partial charge in [-0.05, 0) is 19.1 Å². The van der Waals surface area contributed by atoms with Crippen molar-refractivity contribution in [3.8, 4) is 11.5 Å². The zero-order valence-corrected chi connectivity index (χ0v) is 14.0. The van der Waals surface area contributed by atoms with Gasteiger partial charge in [-0.25, -0.2) is 9.59 Å². The minimum absolute atomic E-state index is 0.0418. The molecule has 1 heterocycles. The quantitative estimate of drug-likeness (QED) is 0.824. The Morgan fingerprint density at radius 2 is 1.62 bits per heavy atom. The molecule has 1 saturated heterocycles. The predicted molar refractivity (Wildman–Crippen MR) is 87.2 cm³/mol. The fourth-order valence-corrected chi connectivity index (χ4v) is 2.35. The normalized spacial score (nSPS) is 14.1. The van der Waals surface area contributed by atoms with E-state index in [9.17, 15) is 9.59 Å². The Hall–Kier alpha value is -2.64. The summed E-state index contributed by atoms with van der Waals surface area (Å²) in [6.07, 6.45) is -0.370. The molecular weight excluding hydrogens is 314 g/mol. The molecule has 0 radical (unpaired) electrons. The number of nitrogens with one attached hydrogen (secondary N) is 1. The number of amides is 3. The van der Waals surface area contributed by atoms with E-state index < -0.39 is 0 Å². The van der Waals surface area contributed by atoms with Gasteiger partial charge in [-0.2, -0.15) is 0 Å². The summed E-state index contributed by atoms with van der Waals surface area (Å²) < 4.78 is 15.7. The Labute approximate surface area is 141 Å². The van der Waals surface area contributed by atoms with Crippen LogP contribution < -0.4 is 14.8 Å². The van der Waals surface area contributed by atoms with E-state index in [0.717, 1.165) is 0 Å². The van der Waals surface area contributed by atoms with Gasteiger partial charge in [-0.15, -0.1) is 0 Å². The molecule has 0 spiro atoms. The number of nitrogens with zero attached hydrogens (tertiary/aromatic N) is 2. The molecule has 3 amide bonds. The Bertz CT molecular complexity index is 558. The van der Waals surface area contributed by atoms with Crippen LogP contribution in [0.1, 0.15) is 6.92 Å². The summed E-state index contributed by atoms with van der Waals surface area (Å²) in [5.41, 5.74) is 0. The van der Waals surface area contributed by atoms with E-state index in [1.807, 2.05) is 25.1 Å². The molecular formula is C16H23N3O5. The van der Waals surface area contributed by atoms with E-state index in [4.69, 9.17) is 9.47 Å². The minimum Gasteiger partial charge on any atom is -0.490 e. The number of para-hydroxylation sites is 2. The summed E-state index contributed by atoms with van der Waals surface area (Å²) in [7, 11) is 1.35. The zero-order chi connectivity index (χ0) is 17.4. The molecule has 2 rings (SSSR count). The summed E-state index contributed by atoms with van der Waals surface area (Å²) in [6, 6.07) is 7.07. The number of methoxy groups -OCH3 is 1. The van der Waals surface area contributed by atoms with Crippen molar-refractivity contribution in [2.45, 2.75) is 6.92 Å². The molecule has 132 valence electrons. The maximum absolute atomic E-state index is 12.1. The van der Waals surface area contributed by atoms with Crippen molar-refractivity contribution in [1.29, 1.82) is 0 Å². The number of urea groups is 1. The van der Waals surface area contributed by atoms with Crippen LogP contribution in [0.4, 0.5) is 9.59 Å². The Balaban J connectivity index is 1.75. The van der Waals surface area contributed by atoms with Crippen molar-refractivity contribution < 1.29 is 23.8 Å². The van der Waals surface area contributed by atoms with E-state index in [2.05, 4.69) is 10.1 Å². The van der Waals surface area contributed by atoms with Crippen LogP contribution in [0.25, 0.3) is 0 Å². The molecule has 0 aliphatic carbocycles. The molecule has 0 aromatic heterocycles. The molecule has 8 heteroatoms. The molecule has 1 N–H and O–H groups in total. The molecule has 8 nitrogen and oxygen atoms in total. The average Bonchev–Trinajstić information content (AvgIpc) is 2.62. The van der Waals surface area contributed by atoms with Crippen molar-refractivity contribution in [3.63, 3.8) is 0 Å². The van der Waals surface area contributed by atoms with Crippen LogP contribution in [0.5, 0.6) is 11.5 Å². The van der Waals surface area contributed by atoms with Crippen LogP contribution in [0.15, 0.2) is 24.3 Å². The first-order valence-corrected chi connectivity index (χ1v) is 7.86. The number of carbonyl (C=O) groups is 2. The van der Waals surface area contributed by atoms with Gasteiger partial charge in [0.25, 0.3) is 0 Å². The predicted octanol–water partition coefficient (Wildman–Crippen LogP) is 1.52. The van der Waals surface area contributed by atoms with Crippen molar-refractivity contribution in [2.24, 2.45) is 0 Å². The minimum atomic E-state index is -0.370. The van der Waals surface area contributed by atoms with Gasteiger partial charge < -0.3 is 29.3 Å². The SMILES string of the molecule is CCOc1ccccc1OCNC(=O)N1CCN(C(=O)OC)CC1. The maximum atomic E-state index is 12.1. The molecule has 1 aliphatic rings. The summed E-state index contributed by atoms with van der Waals surface area (Å²) >= 11 is 0. The molecule has 0 atom stereocenters. The number of piperazine rings is 1. The highest BCUT2D eigenvalue weighted by molar-refractivity contribution is 5.74. The van der Waals surface area contributed by atoms with E-state index in [1.165, 1.54) is 7.11 Å². The molecule has 1 aromatic carbocycles. The van der Waals surface area contributed by atoms with Crippen molar-refractivity contribution >= 4 is 12.1 Å². The van der Waals surface area contributed by atoms with Crippen molar-refractivity contribution in [2.75, 3.05) is 46.6 Å². The highest BCUT2D eigenvalue weighted by atomic mass is 16.5. The lowest BCUT2D eigenvalue weighted by Crippen LogP contribution is -2.53. The van der Waals surface area contributed by atoms with Crippen molar-refractivity contribution in [1.82, 2.24) is 15.1 Å². The van der Waals surface area contributed by atoms with Crippen molar-refractivity contribution in [3.05, 3.63) is 24.3 Å². The van der Waals surface area contributed by atoms with Gasteiger partial charge in [0.1, 0.15) is 0 Å². The van der Waals surface area contributed by atoms with E-state index in [0.29, 0.717) is 44.3 Å². The van der Waals surface area contributed by atoms with Crippen LogP contribution in [-0.4, -0.2) is 68.6 Å². The number of hydrogen-bond donors (Lipinski definition) is 1. The molecule has 1 aliphatic heterocycles. The second-order valence-electron chi connectivity index (χ2n) is 5.09. The van der Waals surface area contributed by atoms with Gasteiger partial charge in [-0.1, -0.05) is 12.1 Å². The van der Waals surface area contributed by atoms with Crippen LogP contribution in [0.2, 0.25) is 0 Å². The maximum Gasteiger partial charge on any atom is 0.409 e. The average molecular weight is 337 g/mol. The number of rotatable bonds is 5. The first-order valence-electron chi connectivity index (χ1n) is 7.86. The van der Waals surface area contributed by atoms with Gasteiger partial charge in [0.2, 0.25) is 0 Å². The molecule has 24 heavy (non-hydrogen) atoms. The molecule has 1 fully saturated rings. The Morgan fingerprint density at radius 1 is 1.04 bits per heavy atom. The molecule has 0 saturated carbocycles. The van der Waals surface area contributed by atoms with Crippen LogP contribution in [-0.2, 0) is 4.74 Å².